The van der Waals surface area contributed by atoms with Crippen LogP contribution >= 0.6 is 0 Å². The maximum atomic E-state index is 13.9. The molecule has 1 fully saturated rings. The van der Waals surface area contributed by atoms with Crippen LogP contribution in [-0.4, -0.2) is 61.8 Å². The zero-order chi connectivity index (χ0) is 23.7. The molecule has 2 aliphatic rings. The van der Waals surface area contributed by atoms with Crippen molar-refractivity contribution in [3.05, 3.63) is 95.1 Å². The highest BCUT2D eigenvalue weighted by Gasteiger charge is 2.58. The third kappa shape index (κ3) is 3.59. The number of nitrogens with zero attached hydrogens (tertiary/aromatic N) is 2. The SMILES string of the molecule is COc1ccc(CN2CCN(C3(c4cccc(OC)c4)C(=O)c4ccccc4C3=O)CC2)cc1. The number of carbonyl (C=O) groups excluding carboxylic acids is 2. The Morgan fingerprint density at radius 3 is 1.94 bits per heavy atom. The van der Waals surface area contributed by atoms with E-state index >= 15 is 0 Å². The monoisotopic (exact) mass is 456 g/mol. The van der Waals surface area contributed by atoms with Crippen molar-refractivity contribution in [3.63, 3.8) is 0 Å². The molecule has 34 heavy (non-hydrogen) atoms. The van der Waals surface area contributed by atoms with Gasteiger partial charge in [0.15, 0.2) is 17.1 Å². The van der Waals surface area contributed by atoms with E-state index in [1.165, 1.54) is 5.56 Å². The van der Waals surface area contributed by atoms with Gasteiger partial charge in [0.1, 0.15) is 11.5 Å². The van der Waals surface area contributed by atoms with Crippen LogP contribution < -0.4 is 9.47 Å². The molecule has 0 saturated carbocycles. The van der Waals surface area contributed by atoms with Gasteiger partial charge in [-0.15, -0.1) is 0 Å². The average Bonchev–Trinajstić information content (AvgIpc) is 3.12. The van der Waals surface area contributed by atoms with Crippen molar-refractivity contribution in [3.8, 4) is 11.5 Å². The normalized spacial score (nSPS) is 18.1. The zero-order valence-electron chi connectivity index (χ0n) is 19.5. The number of methoxy groups -OCH3 is 2. The van der Waals surface area contributed by atoms with Gasteiger partial charge in [-0.1, -0.05) is 48.5 Å². The number of piperazine rings is 1. The lowest BCUT2D eigenvalue weighted by molar-refractivity contribution is 0.0279. The summed E-state index contributed by atoms with van der Waals surface area (Å²) in [7, 11) is 3.26. The van der Waals surface area contributed by atoms with Gasteiger partial charge >= 0.3 is 0 Å². The fourth-order valence-electron chi connectivity index (χ4n) is 5.18. The molecule has 1 aliphatic heterocycles. The molecule has 0 N–H and O–H groups in total. The molecule has 1 heterocycles. The molecule has 0 amide bonds. The highest BCUT2D eigenvalue weighted by Crippen LogP contribution is 2.43. The maximum Gasteiger partial charge on any atom is 0.196 e. The molecular formula is C28H28N2O4. The minimum Gasteiger partial charge on any atom is -0.497 e. The Kier molecular flexibility index (Phi) is 5.94. The van der Waals surface area contributed by atoms with Crippen LogP contribution in [-0.2, 0) is 12.1 Å². The quantitative estimate of drug-likeness (QED) is 0.526. The number of hydrogen-bond donors (Lipinski definition) is 0. The van der Waals surface area contributed by atoms with Crippen molar-refractivity contribution in [2.24, 2.45) is 0 Å². The average molecular weight is 457 g/mol. The molecular weight excluding hydrogens is 428 g/mol. The molecule has 174 valence electrons. The Morgan fingerprint density at radius 2 is 1.35 bits per heavy atom. The van der Waals surface area contributed by atoms with Crippen LogP contribution in [0.15, 0.2) is 72.8 Å². The van der Waals surface area contributed by atoms with Crippen molar-refractivity contribution >= 4 is 11.6 Å². The summed E-state index contributed by atoms with van der Waals surface area (Å²) in [6.45, 7) is 3.55. The third-order valence-corrected chi connectivity index (χ3v) is 6.97. The fraction of sp³-hybridized carbons (Fsp3) is 0.286. The molecule has 6 nitrogen and oxygen atoms in total. The van der Waals surface area contributed by atoms with Crippen molar-refractivity contribution in [1.82, 2.24) is 9.80 Å². The van der Waals surface area contributed by atoms with Gasteiger partial charge in [-0.3, -0.25) is 19.4 Å². The molecule has 0 bridgehead atoms. The number of carbonyl (C=O) groups is 2. The Hall–Kier alpha value is -3.48. The number of rotatable bonds is 6. The number of benzene rings is 3. The number of ether oxygens (including phenoxy) is 2. The van der Waals surface area contributed by atoms with Crippen LogP contribution in [0.3, 0.4) is 0 Å². The fourth-order valence-corrected chi connectivity index (χ4v) is 5.18. The van der Waals surface area contributed by atoms with Crippen molar-refractivity contribution < 1.29 is 19.1 Å². The van der Waals surface area contributed by atoms with Crippen molar-refractivity contribution in [2.75, 3.05) is 40.4 Å². The van der Waals surface area contributed by atoms with Gasteiger partial charge in [0.2, 0.25) is 0 Å². The summed E-state index contributed by atoms with van der Waals surface area (Å²) in [4.78, 5) is 32.3. The zero-order valence-corrected chi connectivity index (χ0v) is 19.5. The topological polar surface area (TPSA) is 59.1 Å². The number of ketones is 2. The first-order valence-electron chi connectivity index (χ1n) is 11.5. The summed E-state index contributed by atoms with van der Waals surface area (Å²) in [5.74, 6) is 1.17. The molecule has 0 atom stereocenters. The standard InChI is InChI=1S/C28H28N2O4/c1-33-22-12-10-20(11-13-22)19-29-14-16-30(17-15-29)28(21-6-5-7-23(18-21)34-2)26(31)24-8-3-4-9-25(24)27(28)32/h3-13,18H,14-17,19H2,1-2H3. The summed E-state index contributed by atoms with van der Waals surface area (Å²) in [6.07, 6.45) is 0. The van der Waals surface area contributed by atoms with Crippen LogP contribution in [0, 0.1) is 0 Å². The summed E-state index contributed by atoms with van der Waals surface area (Å²) in [5.41, 5.74) is 1.51. The van der Waals surface area contributed by atoms with Crippen LogP contribution in [0.1, 0.15) is 31.8 Å². The predicted octanol–water partition coefficient (Wildman–Crippen LogP) is 3.80. The molecule has 0 unspecified atom stereocenters. The lowest BCUT2D eigenvalue weighted by Gasteiger charge is -2.44. The van der Waals surface area contributed by atoms with E-state index in [0.717, 1.165) is 25.4 Å². The molecule has 5 rings (SSSR count). The van der Waals surface area contributed by atoms with Crippen molar-refractivity contribution in [2.45, 2.75) is 12.1 Å². The molecule has 0 aromatic heterocycles. The van der Waals surface area contributed by atoms with Gasteiger partial charge in [0, 0.05) is 43.9 Å². The predicted molar refractivity (Wildman–Crippen MR) is 130 cm³/mol. The molecule has 1 aliphatic carbocycles. The smallest absolute Gasteiger partial charge is 0.196 e. The van der Waals surface area contributed by atoms with E-state index in [0.29, 0.717) is 35.5 Å². The number of fused-ring (bicyclic) bond motifs is 1. The van der Waals surface area contributed by atoms with Crippen LogP contribution in [0.25, 0.3) is 0 Å². The van der Waals surface area contributed by atoms with Crippen molar-refractivity contribution in [1.29, 1.82) is 0 Å². The Balaban J connectivity index is 1.44. The highest BCUT2D eigenvalue weighted by molar-refractivity contribution is 6.32. The summed E-state index contributed by atoms with van der Waals surface area (Å²) < 4.78 is 10.7. The van der Waals surface area contributed by atoms with E-state index in [-0.39, 0.29) is 11.6 Å². The Morgan fingerprint density at radius 1 is 0.735 bits per heavy atom. The minimum atomic E-state index is -1.36. The first-order valence-corrected chi connectivity index (χ1v) is 11.5. The number of Topliss-reactive ketones (excluding diaryl/α,β-unsaturated/α-hetero) is 2. The largest absolute Gasteiger partial charge is 0.497 e. The maximum absolute atomic E-state index is 13.9. The third-order valence-electron chi connectivity index (χ3n) is 6.97. The van der Waals surface area contributed by atoms with Gasteiger partial charge < -0.3 is 9.47 Å². The van der Waals surface area contributed by atoms with Crippen LogP contribution in [0.4, 0.5) is 0 Å². The second-order valence-corrected chi connectivity index (χ2v) is 8.76. The number of hydrogen-bond acceptors (Lipinski definition) is 6. The van der Waals surface area contributed by atoms with E-state index in [1.54, 1.807) is 26.4 Å². The minimum absolute atomic E-state index is 0.148. The molecule has 0 radical (unpaired) electrons. The van der Waals surface area contributed by atoms with E-state index < -0.39 is 5.54 Å². The van der Waals surface area contributed by atoms with Crippen LogP contribution in [0.2, 0.25) is 0 Å². The van der Waals surface area contributed by atoms with Gasteiger partial charge in [-0.05, 0) is 35.4 Å². The lowest BCUT2D eigenvalue weighted by atomic mass is 9.82. The van der Waals surface area contributed by atoms with Gasteiger partial charge in [-0.25, -0.2) is 0 Å². The molecule has 0 spiro atoms. The van der Waals surface area contributed by atoms with E-state index in [2.05, 4.69) is 21.9 Å². The van der Waals surface area contributed by atoms with Crippen LogP contribution in [0.5, 0.6) is 11.5 Å². The first kappa shape index (κ1) is 22.3. The van der Waals surface area contributed by atoms with E-state index in [4.69, 9.17) is 9.47 Å². The van der Waals surface area contributed by atoms with Gasteiger partial charge in [0.05, 0.1) is 14.2 Å². The molecule has 3 aromatic carbocycles. The van der Waals surface area contributed by atoms with E-state index in [9.17, 15) is 9.59 Å². The Labute approximate surface area is 199 Å². The Bertz CT molecular complexity index is 1180. The molecule has 3 aromatic rings. The summed E-state index contributed by atoms with van der Waals surface area (Å²) >= 11 is 0. The van der Waals surface area contributed by atoms with E-state index in [1.807, 2.05) is 48.5 Å². The molecule has 1 saturated heterocycles. The summed E-state index contributed by atoms with van der Waals surface area (Å²) in [6, 6.07) is 22.6. The first-order chi connectivity index (χ1) is 16.6. The summed E-state index contributed by atoms with van der Waals surface area (Å²) in [5, 5.41) is 0. The van der Waals surface area contributed by atoms with Gasteiger partial charge in [-0.2, -0.15) is 0 Å². The lowest BCUT2D eigenvalue weighted by Crippen LogP contribution is -2.60. The highest BCUT2D eigenvalue weighted by atomic mass is 16.5. The van der Waals surface area contributed by atoms with Gasteiger partial charge in [0.25, 0.3) is 0 Å². The second kappa shape index (κ2) is 9.05. The second-order valence-electron chi connectivity index (χ2n) is 8.76. The molecule has 6 heteroatoms.